The van der Waals surface area contributed by atoms with Crippen LogP contribution in [-0.4, -0.2) is 36.6 Å². The lowest BCUT2D eigenvalue weighted by Crippen LogP contribution is -2.38. The van der Waals surface area contributed by atoms with Crippen LogP contribution < -0.4 is 5.32 Å². The molecule has 0 radical (unpaired) electrons. The van der Waals surface area contributed by atoms with Gasteiger partial charge in [-0.3, -0.25) is 9.67 Å². The summed E-state index contributed by atoms with van der Waals surface area (Å²) in [5.41, 5.74) is 6.76. The SMILES string of the molecule is C=C(NC(C)C(F)(F)F)c1cnn2ccc(/C(=C/C)c3ccc(-c4cnn(C)c4)nc3C)cc12. The Hall–Kier alpha value is -3.88. The van der Waals surface area contributed by atoms with E-state index < -0.39 is 12.2 Å². The number of nitrogens with one attached hydrogen (secondary N) is 1. The number of nitrogens with zero attached hydrogens (tertiary/aromatic N) is 5. The van der Waals surface area contributed by atoms with Crippen molar-refractivity contribution >= 4 is 16.8 Å². The summed E-state index contributed by atoms with van der Waals surface area (Å²) in [6, 6.07) is 6.07. The number of hydrogen-bond acceptors (Lipinski definition) is 4. The molecule has 4 heterocycles. The van der Waals surface area contributed by atoms with Gasteiger partial charge >= 0.3 is 6.18 Å². The minimum atomic E-state index is -4.37. The number of alkyl halides is 3. The fourth-order valence-corrected chi connectivity index (χ4v) is 3.84. The average molecular weight is 467 g/mol. The summed E-state index contributed by atoms with van der Waals surface area (Å²) in [5, 5.41) is 10.9. The zero-order valence-corrected chi connectivity index (χ0v) is 19.4. The second kappa shape index (κ2) is 8.81. The Morgan fingerprint density at radius 1 is 1.15 bits per heavy atom. The molecule has 0 fully saturated rings. The first-order chi connectivity index (χ1) is 16.1. The first-order valence-electron chi connectivity index (χ1n) is 10.7. The lowest BCUT2D eigenvalue weighted by Gasteiger charge is -2.19. The standard InChI is InChI=1S/C25H25F3N6/c1-6-20(21-7-8-23(32-15(21)2)19-12-29-33(5)14-19)18-9-10-34-24(11-18)22(13-30-34)16(3)31-17(4)25(26,27)28/h6-14,17,31H,3H2,1-2,4-5H3/b20-6-. The molecule has 0 aliphatic heterocycles. The molecule has 0 aromatic carbocycles. The van der Waals surface area contributed by atoms with Crippen LogP contribution in [0.3, 0.4) is 0 Å². The van der Waals surface area contributed by atoms with Gasteiger partial charge in [-0.1, -0.05) is 18.7 Å². The van der Waals surface area contributed by atoms with Crippen LogP contribution in [0.1, 0.15) is 36.2 Å². The van der Waals surface area contributed by atoms with Gasteiger partial charge in [0.05, 0.1) is 23.6 Å². The summed E-state index contributed by atoms with van der Waals surface area (Å²) in [5.74, 6) is 0. The molecule has 0 bridgehead atoms. The summed E-state index contributed by atoms with van der Waals surface area (Å²) in [4.78, 5) is 4.76. The second-order valence-electron chi connectivity index (χ2n) is 8.12. The molecule has 9 heteroatoms. The fraction of sp³-hybridized carbons (Fsp3) is 0.240. The van der Waals surface area contributed by atoms with Crippen molar-refractivity contribution in [3.8, 4) is 11.3 Å². The predicted molar refractivity (Wildman–Crippen MR) is 127 cm³/mol. The Morgan fingerprint density at radius 3 is 2.53 bits per heavy atom. The zero-order chi connectivity index (χ0) is 24.6. The van der Waals surface area contributed by atoms with Crippen LogP contribution in [0.2, 0.25) is 0 Å². The van der Waals surface area contributed by atoms with Gasteiger partial charge in [-0.15, -0.1) is 0 Å². The molecular weight excluding hydrogens is 441 g/mol. The Bertz CT molecular complexity index is 1390. The average Bonchev–Trinajstić information content (AvgIpc) is 3.40. The maximum atomic E-state index is 13.0. The number of rotatable bonds is 6. The molecule has 0 saturated carbocycles. The number of aromatic nitrogens is 5. The molecule has 0 amide bonds. The number of fused-ring (bicyclic) bond motifs is 1. The van der Waals surface area contributed by atoms with Crippen LogP contribution in [0.4, 0.5) is 13.2 Å². The maximum absolute atomic E-state index is 13.0. The van der Waals surface area contributed by atoms with Crippen molar-refractivity contribution in [2.45, 2.75) is 33.0 Å². The summed E-state index contributed by atoms with van der Waals surface area (Å²) < 4.78 is 42.4. The van der Waals surface area contributed by atoms with E-state index in [1.54, 1.807) is 21.6 Å². The lowest BCUT2D eigenvalue weighted by atomic mass is 9.96. The van der Waals surface area contributed by atoms with Gasteiger partial charge in [0.25, 0.3) is 0 Å². The highest BCUT2D eigenvalue weighted by Crippen LogP contribution is 2.30. The van der Waals surface area contributed by atoms with Crippen LogP contribution in [0.5, 0.6) is 0 Å². The van der Waals surface area contributed by atoms with E-state index in [0.717, 1.165) is 40.6 Å². The third-order valence-electron chi connectivity index (χ3n) is 5.70. The highest BCUT2D eigenvalue weighted by molar-refractivity contribution is 5.85. The Balaban J connectivity index is 1.69. The largest absolute Gasteiger partial charge is 0.408 e. The van der Waals surface area contributed by atoms with Gasteiger partial charge in [-0.05, 0) is 50.1 Å². The van der Waals surface area contributed by atoms with Gasteiger partial charge in [-0.25, -0.2) is 4.52 Å². The third kappa shape index (κ3) is 4.46. The van der Waals surface area contributed by atoms with E-state index in [4.69, 9.17) is 4.98 Å². The van der Waals surface area contributed by atoms with Crippen molar-refractivity contribution in [1.82, 2.24) is 29.7 Å². The zero-order valence-electron chi connectivity index (χ0n) is 19.4. The van der Waals surface area contributed by atoms with Crippen LogP contribution in [0, 0.1) is 6.92 Å². The van der Waals surface area contributed by atoms with E-state index in [1.807, 2.05) is 57.4 Å². The summed E-state index contributed by atoms with van der Waals surface area (Å²) in [6.07, 6.45) is 4.60. The van der Waals surface area contributed by atoms with Crippen LogP contribution >= 0.6 is 0 Å². The number of pyridine rings is 2. The minimum Gasteiger partial charge on any atom is -0.374 e. The molecule has 34 heavy (non-hydrogen) atoms. The molecule has 1 atom stereocenters. The van der Waals surface area contributed by atoms with Crippen LogP contribution in [0.25, 0.3) is 28.0 Å². The molecule has 0 aliphatic carbocycles. The lowest BCUT2D eigenvalue weighted by molar-refractivity contribution is -0.148. The van der Waals surface area contributed by atoms with E-state index in [1.165, 1.54) is 6.20 Å². The number of halogens is 3. The summed E-state index contributed by atoms with van der Waals surface area (Å²) in [6.45, 7) is 8.76. The summed E-state index contributed by atoms with van der Waals surface area (Å²) >= 11 is 0. The molecule has 4 rings (SSSR count). The van der Waals surface area contributed by atoms with E-state index in [-0.39, 0.29) is 5.70 Å². The van der Waals surface area contributed by atoms with Crippen molar-refractivity contribution < 1.29 is 13.2 Å². The third-order valence-corrected chi connectivity index (χ3v) is 5.70. The molecule has 176 valence electrons. The fourth-order valence-electron chi connectivity index (χ4n) is 3.84. The molecule has 4 aromatic rings. The smallest absolute Gasteiger partial charge is 0.374 e. The van der Waals surface area contributed by atoms with Gasteiger partial charge in [0.2, 0.25) is 0 Å². The van der Waals surface area contributed by atoms with Crippen LogP contribution in [-0.2, 0) is 7.05 Å². The first-order valence-corrected chi connectivity index (χ1v) is 10.7. The van der Waals surface area contributed by atoms with Crippen molar-refractivity contribution in [3.63, 3.8) is 0 Å². The quantitative estimate of drug-likeness (QED) is 0.413. The molecule has 4 aromatic heterocycles. The Labute approximate surface area is 195 Å². The number of hydrogen-bond donors (Lipinski definition) is 1. The van der Waals surface area contributed by atoms with Crippen molar-refractivity contribution in [2.24, 2.45) is 7.05 Å². The predicted octanol–water partition coefficient (Wildman–Crippen LogP) is 5.40. The van der Waals surface area contributed by atoms with E-state index >= 15 is 0 Å². The van der Waals surface area contributed by atoms with Gasteiger partial charge in [-0.2, -0.15) is 23.4 Å². The molecule has 1 N–H and O–H groups in total. The van der Waals surface area contributed by atoms with Gasteiger partial charge < -0.3 is 5.32 Å². The van der Waals surface area contributed by atoms with E-state index in [2.05, 4.69) is 22.1 Å². The summed E-state index contributed by atoms with van der Waals surface area (Å²) in [7, 11) is 1.86. The first kappa shape index (κ1) is 23.3. The van der Waals surface area contributed by atoms with Crippen molar-refractivity contribution in [3.05, 3.63) is 84.1 Å². The topological polar surface area (TPSA) is 60.0 Å². The minimum absolute atomic E-state index is 0.165. The van der Waals surface area contributed by atoms with Gasteiger partial charge in [0, 0.05) is 47.5 Å². The molecule has 1 unspecified atom stereocenters. The Kier molecular flexibility index (Phi) is 6.03. The van der Waals surface area contributed by atoms with Crippen LogP contribution in [0.15, 0.2) is 61.7 Å². The van der Waals surface area contributed by atoms with Gasteiger partial charge in [0.1, 0.15) is 6.04 Å². The highest BCUT2D eigenvalue weighted by Gasteiger charge is 2.36. The monoisotopic (exact) mass is 466 g/mol. The second-order valence-corrected chi connectivity index (χ2v) is 8.12. The van der Waals surface area contributed by atoms with E-state index in [0.29, 0.717) is 11.1 Å². The number of aryl methyl sites for hydroxylation is 2. The normalized spacial score (nSPS) is 13.3. The van der Waals surface area contributed by atoms with Crippen molar-refractivity contribution in [1.29, 1.82) is 0 Å². The van der Waals surface area contributed by atoms with Gasteiger partial charge in [0.15, 0.2) is 0 Å². The molecule has 6 nitrogen and oxygen atoms in total. The number of allylic oxidation sites excluding steroid dienone is 1. The molecular formula is C25H25F3N6. The molecule has 0 saturated heterocycles. The van der Waals surface area contributed by atoms with Crippen molar-refractivity contribution in [2.75, 3.05) is 0 Å². The highest BCUT2D eigenvalue weighted by atomic mass is 19.4. The molecule has 0 spiro atoms. The Morgan fingerprint density at radius 2 is 1.91 bits per heavy atom. The molecule has 0 aliphatic rings. The van der Waals surface area contributed by atoms with E-state index in [9.17, 15) is 13.2 Å². The maximum Gasteiger partial charge on any atom is 0.408 e.